The third-order valence-corrected chi connectivity index (χ3v) is 11.4. The maximum Gasteiger partial charge on any atom is 0.184 e. The third-order valence-electron chi connectivity index (χ3n) is 11.4. The van der Waals surface area contributed by atoms with Crippen LogP contribution in [0.15, 0.2) is 48.5 Å². The maximum absolute atomic E-state index is 6.47. The standard InChI is InChI=1S/C42H64O4/c1-5-7-9-11-13-15-39-29-43-41(45-31(39)3)37-25-21-35(22-26-37)33-17-19-34(20-18-33)36-23-27-38(28-24-36)42-44-30-40(32(4)46-42)16-14-12-10-8-6-2/h17-22,25-26,31-32,36,38-42H,5-16,23-24,27-30H2,1-4H3/t31?,32-,36?,38?,39+,40+,41+,42+/m0/s1. The summed E-state index contributed by atoms with van der Waals surface area (Å²) >= 11 is 0. The van der Waals surface area contributed by atoms with Crippen molar-refractivity contribution in [3.8, 4) is 11.1 Å². The van der Waals surface area contributed by atoms with Crippen molar-refractivity contribution in [1.29, 1.82) is 0 Å². The van der Waals surface area contributed by atoms with Crippen LogP contribution in [0, 0.1) is 17.8 Å². The summed E-state index contributed by atoms with van der Waals surface area (Å²) in [5.41, 5.74) is 5.10. The molecule has 256 valence electrons. The van der Waals surface area contributed by atoms with E-state index in [4.69, 9.17) is 18.9 Å². The monoisotopic (exact) mass is 632 g/mol. The fraction of sp³-hybridized carbons (Fsp3) is 0.714. The summed E-state index contributed by atoms with van der Waals surface area (Å²) in [6.07, 6.45) is 20.9. The van der Waals surface area contributed by atoms with E-state index in [9.17, 15) is 0 Å². The molecular weight excluding hydrogens is 568 g/mol. The van der Waals surface area contributed by atoms with Gasteiger partial charge in [0.15, 0.2) is 12.6 Å². The van der Waals surface area contributed by atoms with Crippen molar-refractivity contribution in [3.63, 3.8) is 0 Å². The molecule has 0 radical (unpaired) electrons. The van der Waals surface area contributed by atoms with Crippen molar-refractivity contribution in [3.05, 3.63) is 59.7 Å². The molecule has 0 aromatic heterocycles. The van der Waals surface area contributed by atoms with Crippen LogP contribution in [0.4, 0.5) is 0 Å². The Morgan fingerprint density at radius 2 is 1.04 bits per heavy atom. The van der Waals surface area contributed by atoms with E-state index in [0.717, 1.165) is 18.8 Å². The zero-order valence-corrected chi connectivity index (χ0v) is 29.6. The molecule has 6 atom stereocenters. The lowest BCUT2D eigenvalue weighted by Gasteiger charge is -2.40. The molecule has 3 aliphatic rings. The zero-order chi connectivity index (χ0) is 32.1. The summed E-state index contributed by atoms with van der Waals surface area (Å²) in [6.45, 7) is 10.7. The first-order valence-electron chi connectivity index (χ1n) is 19.3. The molecule has 46 heavy (non-hydrogen) atoms. The van der Waals surface area contributed by atoms with Crippen molar-refractivity contribution in [2.45, 2.75) is 161 Å². The van der Waals surface area contributed by atoms with Gasteiger partial charge in [0.1, 0.15) is 0 Å². The van der Waals surface area contributed by atoms with Crippen LogP contribution in [0.1, 0.15) is 154 Å². The Morgan fingerprint density at radius 3 is 1.57 bits per heavy atom. The van der Waals surface area contributed by atoms with E-state index in [1.165, 1.54) is 119 Å². The molecular formula is C42H64O4. The van der Waals surface area contributed by atoms with Crippen LogP contribution in [0.25, 0.3) is 11.1 Å². The number of hydrogen-bond donors (Lipinski definition) is 0. The van der Waals surface area contributed by atoms with Crippen LogP contribution in [0.3, 0.4) is 0 Å². The molecule has 1 aliphatic carbocycles. The molecule has 3 fully saturated rings. The number of hydrogen-bond acceptors (Lipinski definition) is 4. The van der Waals surface area contributed by atoms with Gasteiger partial charge in [0, 0.05) is 23.3 Å². The minimum Gasteiger partial charge on any atom is -0.352 e. The summed E-state index contributed by atoms with van der Waals surface area (Å²) in [7, 11) is 0. The predicted molar refractivity (Wildman–Crippen MR) is 190 cm³/mol. The average Bonchev–Trinajstić information content (AvgIpc) is 3.09. The second-order valence-electron chi connectivity index (χ2n) is 14.8. The van der Waals surface area contributed by atoms with Crippen LogP contribution in [-0.2, 0) is 18.9 Å². The molecule has 0 N–H and O–H groups in total. The maximum atomic E-state index is 6.47. The highest BCUT2D eigenvalue weighted by atomic mass is 16.7. The molecule has 0 bridgehead atoms. The van der Waals surface area contributed by atoms with Crippen molar-refractivity contribution in [2.24, 2.45) is 17.8 Å². The molecule has 5 rings (SSSR count). The van der Waals surface area contributed by atoms with E-state index in [1.807, 2.05) is 0 Å². The van der Waals surface area contributed by atoms with E-state index < -0.39 is 0 Å². The lowest BCUT2D eigenvalue weighted by atomic mass is 9.78. The van der Waals surface area contributed by atoms with Gasteiger partial charge < -0.3 is 18.9 Å². The molecule has 1 saturated carbocycles. The van der Waals surface area contributed by atoms with Gasteiger partial charge >= 0.3 is 0 Å². The lowest BCUT2D eigenvalue weighted by molar-refractivity contribution is -0.257. The first-order chi connectivity index (χ1) is 22.6. The van der Waals surface area contributed by atoms with Crippen molar-refractivity contribution in [1.82, 2.24) is 0 Å². The second-order valence-corrected chi connectivity index (χ2v) is 14.8. The molecule has 4 nitrogen and oxygen atoms in total. The van der Waals surface area contributed by atoms with Gasteiger partial charge in [-0.15, -0.1) is 0 Å². The molecule has 4 heteroatoms. The zero-order valence-electron chi connectivity index (χ0n) is 29.6. The Bertz CT molecular complexity index is 1110. The van der Waals surface area contributed by atoms with Crippen molar-refractivity contribution >= 4 is 0 Å². The molecule has 2 aromatic rings. The topological polar surface area (TPSA) is 36.9 Å². The Hall–Kier alpha value is -1.72. The molecule has 2 heterocycles. The Morgan fingerprint density at radius 1 is 0.543 bits per heavy atom. The van der Waals surface area contributed by atoms with Gasteiger partial charge in [0.05, 0.1) is 25.4 Å². The number of ether oxygens (including phenoxy) is 4. The molecule has 0 amide bonds. The van der Waals surface area contributed by atoms with Crippen LogP contribution in [0.5, 0.6) is 0 Å². The van der Waals surface area contributed by atoms with E-state index in [1.54, 1.807) is 0 Å². The van der Waals surface area contributed by atoms with Gasteiger partial charge in [-0.3, -0.25) is 0 Å². The first-order valence-corrected chi connectivity index (χ1v) is 19.3. The summed E-state index contributed by atoms with van der Waals surface area (Å²) in [6, 6.07) is 18.1. The minimum absolute atomic E-state index is 0.00740. The van der Waals surface area contributed by atoms with Crippen LogP contribution in [0.2, 0.25) is 0 Å². The molecule has 2 aromatic carbocycles. The largest absolute Gasteiger partial charge is 0.352 e. The van der Waals surface area contributed by atoms with Crippen molar-refractivity contribution in [2.75, 3.05) is 13.2 Å². The fourth-order valence-corrected chi connectivity index (χ4v) is 7.99. The predicted octanol–water partition coefficient (Wildman–Crippen LogP) is 11.8. The normalized spacial score (nSPS) is 30.3. The molecule has 1 unspecified atom stereocenters. The van der Waals surface area contributed by atoms with Gasteiger partial charge in [-0.1, -0.05) is 127 Å². The van der Waals surface area contributed by atoms with Crippen LogP contribution in [-0.4, -0.2) is 31.7 Å². The van der Waals surface area contributed by atoms with E-state index in [0.29, 0.717) is 29.8 Å². The van der Waals surface area contributed by atoms with Crippen LogP contribution >= 0.6 is 0 Å². The number of unbranched alkanes of at least 4 members (excludes halogenated alkanes) is 8. The highest BCUT2D eigenvalue weighted by Gasteiger charge is 2.36. The second kappa shape index (κ2) is 18.7. The number of rotatable bonds is 16. The Kier molecular flexibility index (Phi) is 14.5. The van der Waals surface area contributed by atoms with Crippen molar-refractivity contribution < 1.29 is 18.9 Å². The Labute approximate surface area is 281 Å². The first kappa shape index (κ1) is 35.6. The van der Waals surface area contributed by atoms with Crippen LogP contribution < -0.4 is 0 Å². The molecule has 2 saturated heterocycles. The summed E-state index contributed by atoms with van der Waals surface area (Å²) in [4.78, 5) is 0. The third kappa shape index (κ3) is 10.1. The van der Waals surface area contributed by atoms with E-state index in [-0.39, 0.29) is 18.7 Å². The fourth-order valence-electron chi connectivity index (χ4n) is 7.99. The van der Waals surface area contributed by atoms with Gasteiger partial charge in [-0.2, -0.15) is 0 Å². The average molecular weight is 633 g/mol. The number of benzene rings is 2. The SMILES string of the molecule is CCCCCCC[C@@H]1CO[C@@H](c2ccc(-c3ccc(C4CCC([C@@H]5OC[C@@H](CCCCCCC)[C@H](C)O5)CC4)cc3)cc2)OC1C. The molecule has 2 aliphatic heterocycles. The van der Waals surface area contributed by atoms with E-state index >= 15 is 0 Å². The lowest BCUT2D eigenvalue weighted by Crippen LogP contribution is -2.42. The highest BCUT2D eigenvalue weighted by molar-refractivity contribution is 5.64. The van der Waals surface area contributed by atoms with E-state index in [2.05, 4.69) is 76.2 Å². The summed E-state index contributed by atoms with van der Waals surface area (Å²) < 4.78 is 25.3. The van der Waals surface area contributed by atoms with Gasteiger partial charge in [0.2, 0.25) is 0 Å². The Balaban J connectivity index is 1.03. The van der Waals surface area contributed by atoms with Gasteiger partial charge in [-0.25, -0.2) is 0 Å². The highest BCUT2D eigenvalue weighted by Crippen LogP contribution is 2.40. The van der Waals surface area contributed by atoms with Gasteiger partial charge in [0.25, 0.3) is 0 Å². The minimum atomic E-state index is -0.257. The summed E-state index contributed by atoms with van der Waals surface area (Å²) in [5, 5.41) is 0. The smallest absolute Gasteiger partial charge is 0.184 e. The van der Waals surface area contributed by atoms with Gasteiger partial charge in [-0.05, 0) is 75.0 Å². The quantitative estimate of drug-likeness (QED) is 0.173. The summed E-state index contributed by atoms with van der Waals surface area (Å²) in [5.74, 6) is 2.23. The molecule has 0 spiro atoms.